The molecule has 0 saturated carbocycles. The Morgan fingerprint density at radius 1 is 1.19 bits per heavy atom. The first-order chi connectivity index (χ1) is 9.81. The largest absolute Gasteiger partial charge is 1.00 e. The van der Waals surface area contributed by atoms with Crippen LogP contribution in [0, 0.1) is 0 Å². The van der Waals surface area contributed by atoms with E-state index in [4.69, 9.17) is 4.74 Å². The van der Waals surface area contributed by atoms with E-state index in [2.05, 4.69) is 6.07 Å². The predicted molar refractivity (Wildman–Crippen MR) is 78.9 cm³/mol. The van der Waals surface area contributed by atoms with Crippen molar-refractivity contribution < 1.29 is 30.9 Å². The van der Waals surface area contributed by atoms with Gasteiger partial charge in [0.15, 0.2) is 6.20 Å². The summed E-state index contributed by atoms with van der Waals surface area (Å²) in [5, 5.41) is 2.05. The highest BCUT2D eigenvalue weighted by molar-refractivity contribution is 7.13. The smallest absolute Gasteiger partial charge is 0.344 e. The monoisotopic (exact) mass is 363 g/mol. The molecule has 0 radical (unpaired) electrons. The number of rotatable bonds is 3. The quantitative estimate of drug-likeness (QED) is 0.496. The second-order valence-electron chi connectivity index (χ2n) is 4.29. The van der Waals surface area contributed by atoms with Crippen molar-refractivity contribution in [3.05, 3.63) is 59.6 Å². The fraction of sp³-hybridized carbons (Fsp3) is 0.125. The van der Waals surface area contributed by atoms with Crippen molar-refractivity contribution in [1.29, 1.82) is 0 Å². The minimum atomic E-state index is -0.283. The summed E-state index contributed by atoms with van der Waals surface area (Å²) < 4.78 is 7.14. The molecule has 0 aliphatic heterocycles. The second-order valence-corrected chi connectivity index (χ2v) is 5.23. The SMILES string of the molecule is CCOC(=O)c1ccc(-c2cccs2)[n+]2ccccc12.[Br-]. The summed E-state index contributed by atoms with van der Waals surface area (Å²) in [5.74, 6) is -0.283. The van der Waals surface area contributed by atoms with Crippen LogP contribution in [0.1, 0.15) is 17.3 Å². The summed E-state index contributed by atoms with van der Waals surface area (Å²) in [7, 11) is 0. The number of aromatic nitrogens is 1. The Balaban J connectivity index is 0.00000161. The number of pyridine rings is 2. The lowest BCUT2D eigenvalue weighted by atomic mass is 10.1. The Morgan fingerprint density at radius 2 is 2.05 bits per heavy atom. The first-order valence-corrected chi connectivity index (χ1v) is 7.33. The van der Waals surface area contributed by atoms with Gasteiger partial charge in [-0.1, -0.05) is 6.07 Å². The summed E-state index contributed by atoms with van der Waals surface area (Å²) in [5.41, 5.74) is 2.52. The Kier molecular flexibility index (Phi) is 5.09. The third-order valence-electron chi connectivity index (χ3n) is 3.07. The average Bonchev–Trinajstić information content (AvgIpc) is 3.00. The van der Waals surface area contributed by atoms with Gasteiger partial charge < -0.3 is 21.7 Å². The van der Waals surface area contributed by atoms with E-state index in [1.807, 2.05) is 59.3 Å². The highest BCUT2D eigenvalue weighted by Gasteiger charge is 2.20. The maximum absolute atomic E-state index is 12.0. The number of halogens is 1. The third kappa shape index (κ3) is 2.99. The number of hydrogen-bond donors (Lipinski definition) is 0. The number of carbonyl (C=O) groups is 1. The van der Waals surface area contributed by atoms with Gasteiger partial charge in [0.2, 0.25) is 11.2 Å². The number of thiophene rings is 1. The lowest BCUT2D eigenvalue weighted by molar-refractivity contribution is -0.499. The molecule has 0 aromatic carbocycles. The van der Waals surface area contributed by atoms with Crippen molar-refractivity contribution in [2.24, 2.45) is 0 Å². The van der Waals surface area contributed by atoms with Gasteiger partial charge in [-0.25, -0.2) is 4.79 Å². The Bertz CT molecular complexity index is 756. The van der Waals surface area contributed by atoms with Crippen LogP contribution in [0.4, 0.5) is 0 Å². The van der Waals surface area contributed by atoms with E-state index in [0.29, 0.717) is 12.2 Å². The zero-order valence-corrected chi connectivity index (χ0v) is 13.9. The van der Waals surface area contributed by atoms with Crippen molar-refractivity contribution in [2.75, 3.05) is 6.61 Å². The van der Waals surface area contributed by atoms with E-state index in [-0.39, 0.29) is 23.0 Å². The molecule has 0 fully saturated rings. The molecule has 0 aliphatic carbocycles. The van der Waals surface area contributed by atoms with Crippen LogP contribution in [0.5, 0.6) is 0 Å². The summed E-state index contributed by atoms with van der Waals surface area (Å²) >= 11 is 1.68. The molecule has 0 atom stereocenters. The average molecular weight is 364 g/mol. The molecular formula is C16H14BrNO2S. The fourth-order valence-corrected chi connectivity index (χ4v) is 2.96. The van der Waals surface area contributed by atoms with E-state index in [1.165, 1.54) is 4.88 Å². The molecule has 5 heteroatoms. The van der Waals surface area contributed by atoms with Crippen LogP contribution in [-0.2, 0) is 4.74 Å². The standard InChI is InChI=1S/C16H14NO2S.BrH/c1-2-19-16(18)12-8-9-14(15-7-5-11-20-15)17-10-4-3-6-13(12)17;/h3-11H,2H2,1H3;1H/q+1;/p-1. The minimum Gasteiger partial charge on any atom is -1.00 e. The molecule has 0 bridgehead atoms. The highest BCUT2D eigenvalue weighted by atomic mass is 79.9. The molecule has 3 aromatic rings. The van der Waals surface area contributed by atoms with E-state index < -0.39 is 0 Å². The van der Waals surface area contributed by atoms with Gasteiger partial charge in [0.05, 0.1) is 11.5 Å². The number of hydrogen-bond acceptors (Lipinski definition) is 3. The van der Waals surface area contributed by atoms with Crippen molar-refractivity contribution in [3.8, 4) is 10.6 Å². The first kappa shape index (κ1) is 15.7. The van der Waals surface area contributed by atoms with Crippen molar-refractivity contribution in [2.45, 2.75) is 6.92 Å². The molecule has 0 spiro atoms. The lowest BCUT2D eigenvalue weighted by Crippen LogP contribution is -3.00. The fourth-order valence-electron chi connectivity index (χ4n) is 2.21. The van der Waals surface area contributed by atoms with E-state index >= 15 is 0 Å². The van der Waals surface area contributed by atoms with Crippen LogP contribution in [0.25, 0.3) is 16.1 Å². The van der Waals surface area contributed by atoms with Gasteiger partial charge in [-0.15, -0.1) is 11.3 Å². The Hall–Kier alpha value is -1.72. The van der Waals surface area contributed by atoms with Crippen molar-refractivity contribution in [3.63, 3.8) is 0 Å². The number of nitrogens with zero attached hydrogens (tertiary/aromatic N) is 1. The molecular weight excluding hydrogens is 350 g/mol. The van der Waals surface area contributed by atoms with Crippen molar-refractivity contribution in [1.82, 2.24) is 0 Å². The normalized spacial score (nSPS) is 10.1. The molecule has 0 N–H and O–H groups in total. The number of esters is 1. The van der Waals surface area contributed by atoms with Crippen LogP contribution in [-0.4, -0.2) is 12.6 Å². The maximum atomic E-state index is 12.0. The number of ether oxygens (including phenoxy) is 1. The van der Waals surface area contributed by atoms with Crippen LogP contribution in [0.2, 0.25) is 0 Å². The van der Waals surface area contributed by atoms with Gasteiger partial charge in [-0.05, 0) is 30.5 Å². The predicted octanol–water partition coefficient (Wildman–Crippen LogP) is 0.334. The zero-order valence-electron chi connectivity index (χ0n) is 11.5. The molecule has 3 rings (SSSR count). The molecule has 0 saturated heterocycles. The van der Waals surface area contributed by atoms with Gasteiger partial charge >= 0.3 is 5.97 Å². The van der Waals surface area contributed by atoms with Gasteiger partial charge in [0.1, 0.15) is 5.56 Å². The Labute approximate surface area is 137 Å². The Morgan fingerprint density at radius 3 is 2.76 bits per heavy atom. The molecule has 3 heterocycles. The van der Waals surface area contributed by atoms with Gasteiger partial charge in [0.25, 0.3) is 0 Å². The van der Waals surface area contributed by atoms with Crippen molar-refractivity contribution >= 4 is 22.8 Å². The third-order valence-corrected chi connectivity index (χ3v) is 3.96. The minimum absolute atomic E-state index is 0. The van der Waals surface area contributed by atoms with Gasteiger partial charge in [-0.2, -0.15) is 4.40 Å². The molecule has 0 amide bonds. The van der Waals surface area contributed by atoms with Gasteiger partial charge in [0, 0.05) is 18.2 Å². The molecule has 3 aromatic heterocycles. The van der Waals surface area contributed by atoms with E-state index in [9.17, 15) is 4.79 Å². The lowest BCUT2D eigenvalue weighted by Gasteiger charge is -2.04. The van der Waals surface area contributed by atoms with Crippen LogP contribution < -0.4 is 21.4 Å². The summed E-state index contributed by atoms with van der Waals surface area (Å²) in [6.45, 7) is 2.19. The summed E-state index contributed by atoms with van der Waals surface area (Å²) in [4.78, 5) is 13.2. The first-order valence-electron chi connectivity index (χ1n) is 6.45. The molecule has 3 nitrogen and oxygen atoms in total. The van der Waals surface area contributed by atoms with Crippen LogP contribution >= 0.6 is 11.3 Å². The molecule has 0 unspecified atom stereocenters. The molecule has 108 valence electrons. The summed E-state index contributed by atoms with van der Waals surface area (Å²) in [6.07, 6.45) is 1.97. The highest BCUT2D eigenvalue weighted by Crippen LogP contribution is 2.23. The maximum Gasteiger partial charge on any atom is 0.344 e. The number of carbonyl (C=O) groups excluding carboxylic acids is 1. The van der Waals surface area contributed by atoms with E-state index in [0.717, 1.165) is 11.2 Å². The molecule has 21 heavy (non-hydrogen) atoms. The van der Waals surface area contributed by atoms with Crippen LogP contribution in [0.15, 0.2) is 54.0 Å². The summed E-state index contributed by atoms with van der Waals surface area (Å²) in [6, 6.07) is 13.7. The number of fused-ring (bicyclic) bond motifs is 1. The zero-order chi connectivity index (χ0) is 13.9. The topological polar surface area (TPSA) is 30.4 Å². The van der Waals surface area contributed by atoms with Crippen LogP contribution in [0.3, 0.4) is 0 Å². The second kappa shape index (κ2) is 6.83. The van der Waals surface area contributed by atoms with Gasteiger partial charge in [-0.3, -0.25) is 0 Å². The van der Waals surface area contributed by atoms with E-state index in [1.54, 1.807) is 11.3 Å². The molecule has 0 aliphatic rings.